The summed E-state index contributed by atoms with van der Waals surface area (Å²) >= 11 is 12.2. The van der Waals surface area contributed by atoms with E-state index in [4.69, 9.17) is 27.9 Å². The summed E-state index contributed by atoms with van der Waals surface area (Å²) in [6.07, 6.45) is 3.37. The fourth-order valence-electron chi connectivity index (χ4n) is 2.78. The number of benzene rings is 1. The molecule has 1 aromatic carbocycles. The van der Waals surface area contributed by atoms with Gasteiger partial charge in [0.25, 0.3) is 0 Å². The summed E-state index contributed by atoms with van der Waals surface area (Å²) in [6, 6.07) is 5.15. The number of methoxy groups -OCH3 is 1. The number of carbonyl (C=O) groups is 1. The highest BCUT2D eigenvalue weighted by Crippen LogP contribution is 2.44. The number of Topliss-reactive ketones (excluding diaryl/α,β-unsaturated/α-hetero) is 1. The topological polar surface area (TPSA) is 26.3 Å². The lowest BCUT2D eigenvalue weighted by Crippen LogP contribution is -2.45. The van der Waals surface area contributed by atoms with Crippen LogP contribution in [-0.2, 0) is 4.74 Å². The molecule has 1 fully saturated rings. The molecule has 0 spiro atoms. The summed E-state index contributed by atoms with van der Waals surface area (Å²) < 4.78 is 5.63. The van der Waals surface area contributed by atoms with Gasteiger partial charge in [0.15, 0.2) is 5.78 Å². The summed E-state index contributed by atoms with van der Waals surface area (Å²) in [7, 11) is 1.61. The molecule has 0 saturated heterocycles. The van der Waals surface area contributed by atoms with Crippen LogP contribution in [0.15, 0.2) is 18.2 Å². The summed E-state index contributed by atoms with van der Waals surface area (Å²) in [6.45, 7) is 4.45. The van der Waals surface area contributed by atoms with Crippen molar-refractivity contribution in [2.24, 2.45) is 5.41 Å². The van der Waals surface area contributed by atoms with Gasteiger partial charge in [-0.3, -0.25) is 4.79 Å². The second-order valence-corrected chi connectivity index (χ2v) is 7.08. The van der Waals surface area contributed by atoms with Crippen LogP contribution in [0.2, 0.25) is 10.0 Å². The van der Waals surface area contributed by atoms with E-state index in [1.807, 2.05) is 0 Å². The first-order valence-corrected chi connectivity index (χ1v) is 7.61. The fraction of sp³-hybridized carbons (Fsp3) is 0.562. The number of hydrogen-bond acceptors (Lipinski definition) is 2. The lowest BCUT2D eigenvalue weighted by Gasteiger charge is -2.41. The molecule has 0 heterocycles. The first-order valence-electron chi connectivity index (χ1n) is 6.85. The van der Waals surface area contributed by atoms with Crippen LogP contribution in [-0.4, -0.2) is 18.5 Å². The van der Waals surface area contributed by atoms with Gasteiger partial charge in [-0.2, -0.15) is 0 Å². The van der Waals surface area contributed by atoms with E-state index in [2.05, 4.69) is 13.8 Å². The Morgan fingerprint density at radius 2 is 1.75 bits per heavy atom. The van der Waals surface area contributed by atoms with Crippen LogP contribution in [0.1, 0.15) is 49.9 Å². The maximum Gasteiger partial charge on any atom is 0.196 e. The number of ether oxygens (including phenoxy) is 1. The van der Waals surface area contributed by atoms with Crippen LogP contribution in [0.3, 0.4) is 0 Å². The molecule has 0 unspecified atom stereocenters. The van der Waals surface area contributed by atoms with Crippen molar-refractivity contribution in [3.63, 3.8) is 0 Å². The van der Waals surface area contributed by atoms with Crippen LogP contribution in [0.5, 0.6) is 0 Å². The van der Waals surface area contributed by atoms with E-state index in [9.17, 15) is 4.79 Å². The molecule has 0 aliphatic heterocycles. The van der Waals surface area contributed by atoms with Gasteiger partial charge < -0.3 is 4.74 Å². The van der Waals surface area contributed by atoms with Gasteiger partial charge in [0.05, 0.1) is 10.0 Å². The van der Waals surface area contributed by atoms with Gasteiger partial charge >= 0.3 is 0 Å². The largest absolute Gasteiger partial charge is 0.370 e. The average Bonchev–Trinajstić information content (AvgIpc) is 2.42. The van der Waals surface area contributed by atoms with Gasteiger partial charge in [0.1, 0.15) is 5.60 Å². The van der Waals surface area contributed by atoms with E-state index in [1.165, 1.54) is 0 Å². The van der Waals surface area contributed by atoms with Crippen molar-refractivity contribution in [2.75, 3.05) is 7.11 Å². The highest BCUT2D eigenvalue weighted by molar-refractivity contribution is 6.44. The van der Waals surface area contributed by atoms with Crippen molar-refractivity contribution >= 4 is 29.0 Å². The molecule has 2 nitrogen and oxygen atoms in total. The Hall–Kier alpha value is -0.570. The van der Waals surface area contributed by atoms with Gasteiger partial charge in [-0.25, -0.2) is 0 Å². The summed E-state index contributed by atoms with van der Waals surface area (Å²) in [4.78, 5) is 12.9. The number of ketones is 1. The van der Waals surface area contributed by atoms with Crippen molar-refractivity contribution in [1.29, 1.82) is 0 Å². The fourth-order valence-corrected chi connectivity index (χ4v) is 3.17. The van der Waals surface area contributed by atoms with E-state index < -0.39 is 5.60 Å². The van der Waals surface area contributed by atoms with E-state index in [0.29, 0.717) is 15.6 Å². The molecule has 0 radical (unpaired) electrons. The minimum atomic E-state index is -0.760. The number of hydrogen-bond donors (Lipinski definition) is 0. The Labute approximate surface area is 130 Å². The quantitative estimate of drug-likeness (QED) is 0.720. The molecule has 0 atom stereocenters. The minimum absolute atomic E-state index is 0.0528. The van der Waals surface area contributed by atoms with Crippen molar-refractivity contribution in [3.8, 4) is 0 Å². The van der Waals surface area contributed by atoms with E-state index >= 15 is 0 Å². The van der Waals surface area contributed by atoms with Gasteiger partial charge in [-0.05, 0) is 43.2 Å². The molecule has 0 N–H and O–H groups in total. The molecule has 20 heavy (non-hydrogen) atoms. The SMILES string of the molecule is COC1(C(=O)c2cccc(Cl)c2Cl)CCC(C)(C)CC1. The predicted octanol–water partition coefficient (Wildman–Crippen LogP) is 5.16. The maximum atomic E-state index is 12.9. The molecule has 1 aliphatic carbocycles. The average molecular weight is 315 g/mol. The Balaban J connectivity index is 2.33. The monoisotopic (exact) mass is 314 g/mol. The van der Waals surface area contributed by atoms with Crippen LogP contribution < -0.4 is 0 Å². The van der Waals surface area contributed by atoms with E-state index in [-0.39, 0.29) is 11.2 Å². The predicted molar refractivity (Wildman–Crippen MR) is 82.8 cm³/mol. The Morgan fingerprint density at radius 3 is 2.30 bits per heavy atom. The van der Waals surface area contributed by atoms with Gasteiger partial charge in [0.2, 0.25) is 0 Å². The standard InChI is InChI=1S/C16H20Cl2O2/c1-15(2)7-9-16(20-3,10-8-15)14(19)11-5-4-6-12(17)13(11)18/h4-6H,7-10H2,1-3H3. The molecule has 1 aromatic rings. The van der Waals surface area contributed by atoms with Crippen LogP contribution >= 0.6 is 23.2 Å². The normalized spacial score (nSPS) is 20.6. The Bertz CT molecular complexity index is 513. The molecular weight excluding hydrogens is 295 g/mol. The van der Waals surface area contributed by atoms with Crippen molar-refractivity contribution < 1.29 is 9.53 Å². The molecule has 0 bridgehead atoms. The molecular formula is C16H20Cl2O2. The first-order chi connectivity index (χ1) is 9.31. The Kier molecular flexibility index (Phi) is 4.48. The second-order valence-electron chi connectivity index (χ2n) is 6.29. The molecule has 2 rings (SSSR count). The zero-order valence-corrected chi connectivity index (χ0v) is 13.6. The lowest BCUT2D eigenvalue weighted by molar-refractivity contribution is -0.0382. The molecule has 1 saturated carbocycles. The highest BCUT2D eigenvalue weighted by atomic mass is 35.5. The maximum absolute atomic E-state index is 12.9. The number of halogens is 2. The minimum Gasteiger partial charge on any atom is -0.370 e. The molecule has 1 aliphatic rings. The van der Waals surface area contributed by atoms with Crippen molar-refractivity contribution in [2.45, 2.75) is 45.1 Å². The van der Waals surface area contributed by atoms with Gasteiger partial charge in [-0.15, -0.1) is 0 Å². The van der Waals surface area contributed by atoms with Crippen LogP contribution in [0.4, 0.5) is 0 Å². The zero-order valence-electron chi connectivity index (χ0n) is 12.1. The van der Waals surface area contributed by atoms with Crippen molar-refractivity contribution in [3.05, 3.63) is 33.8 Å². The lowest BCUT2D eigenvalue weighted by atomic mass is 9.68. The number of rotatable bonds is 3. The molecule has 0 amide bonds. The van der Waals surface area contributed by atoms with Crippen LogP contribution in [0, 0.1) is 5.41 Å². The van der Waals surface area contributed by atoms with Crippen molar-refractivity contribution in [1.82, 2.24) is 0 Å². The summed E-state index contributed by atoms with van der Waals surface area (Å²) in [5.41, 5.74) is -0.0368. The summed E-state index contributed by atoms with van der Waals surface area (Å²) in [5, 5.41) is 0.723. The second kappa shape index (κ2) is 5.67. The molecule has 4 heteroatoms. The molecule has 110 valence electrons. The third kappa shape index (κ3) is 2.88. The van der Waals surface area contributed by atoms with E-state index in [0.717, 1.165) is 25.7 Å². The van der Waals surface area contributed by atoms with Crippen LogP contribution in [0.25, 0.3) is 0 Å². The summed E-state index contributed by atoms with van der Waals surface area (Å²) in [5.74, 6) is -0.0528. The smallest absolute Gasteiger partial charge is 0.196 e. The zero-order chi connectivity index (χ0) is 15.0. The first kappa shape index (κ1) is 15.8. The Morgan fingerprint density at radius 1 is 1.15 bits per heavy atom. The highest BCUT2D eigenvalue weighted by Gasteiger charge is 2.45. The van der Waals surface area contributed by atoms with Gasteiger partial charge in [-0.1, -0.05) is 43.1 Å². The third-order valence-corrected chi connectivity index (χ3v) is 5.23. The number of carbonyl (C=O) groups excluding carboxylic acids is 1. The third-order valence-electron chi connectivity index (χ3n) is 4.41. The van der Waals surface area contributed by atoms with Gasteiger partial charge in [0, 0.05) is 12.7 Å². The van der Waals surface area contributed by atoms with E-state index in [1.54, 1.807) is 25.3 Å². The molecule has 0 aromatic heterocycles.